The SMILES string of the molecule is Cl.Cn1c(=O)n(C)c2cc(S(=O)(=O)NCC(C)(C)N)c(Br)cc21. The van der Waals surface area contributed by atoms with Crippen molar-refractivity contribution < 1.29 is 8.42 Å². The summed E-state index contributed by atoms with van der Waals surface area (Å²) in [6.07, 6.45) is 0. The highest BCUT2D eigenvalue weighted by molar-refractivity contribution is 9.10. The number of fused-ring (bicyclic) bond motifs is 1. The van der Waals surface area contributed by atoms with E-state index in [9.17, 15) is 13.2 Å². The third-order valence-corrected chi connectivity index (χ3v) is 5.69. The Morgan fingerprint density at radius 2 is 1.70 bits per heavy atom. The molecule has 2 aromatic rings. The van der Waals surface area contributed by atoms with Crippen LogP contribution in [0.4, 0.5) is 0 Å². The Hall–Kier alpha value is -0.870. The minimum atomic E-state index is -3.74. The molecule has 1 aromatic carbocycles. The van der Waals surface area contributed by atoms with E-state index < -0.39 is 15.6 Å². The molecule has 0 aliphatic heterocycles. The molecule has 1 heterocycles. The van der Waals surface area contributed by atoms with Gasteiger partial charge in [0.15, 0.2) is 0 Å². The molecule has 0 aliphatic carbocycles. The van der Waals surface area contributed by atoms with Gasteiger partial charge in [-0.2, -0.15) is 0 Å². The van der Waals surface area contributed by atoms with Gasteiger partial charge in [-0.3, -0.25) is 9.13 Å². The van der Waals surface area contributed by atoms with Crippen molar-refractivity contribution in [2.45, 2.75) is 24.3 Å². The Morgan fingerprint density at radius 3 is 2.17 bits per heavy atom. The molecule has 23 heavy (non-hydrogen) atoms. The number of sulfonamides is 1. The second-order valence-corrected chi connectivity index (χ2v) is 8.57. The maximum atomic E-state index is 12.5. The fraction of sp³-hybridized carbons (Fsp3) is 0.462. The topological polar surface area (TPSA) is 99.1 Å². The Bertz CT molecular complexity index is 897. The Morgan fingerprint density at radius 1 is 1.22 bits per heavy atom. The van der Waals surface area contributed by atoms with Gasteiger partial charge in [-0.25, -0.2) is 17.9 Å². The zero-order valence-electron chi connectivity index (χ0n) is 13.3. The monoisotopic (exact) mass is 426 g/mol. The second kappa shape index (κ2) is 6.56. The van der Waals surface area contributed by atoms with Gasteiger partial charge in [0.2, 0.25) is 10.0 Å². The predicted octanol–water partition coefficient (Wildman–Crippen LogP) is 1.08. The number of nitrogens with zero attached hydrogens (tertiary/aromatic N) is 2. The Labute approximate surface area is 149 Å². The zero-order chi connectivity index (χ0) is 16.9. The number of hydrogen-bond donors (Lipinski definition) is 2. The summed E-state index contributed by atoms with van der Waals surface area (Å²) in [5, 5.41) is 0. The largest absolute Gasteiger partial charge is 0.328 e. The summed E-state index contributed by atoms with van der Waals surface area (Å²) in [5.74, 6) is 0. The van der Waals surface area contributed by atoms with Crippen molar-refractivity contribution in [3.05, 3.63) is 27.1 Å². The van der Waals surface area contributed by atoms with Gasteiger partial charge in [0.1, 0.15) is 0 Å². The number of benzene rings is 1. The number of aromatic nitrogens is 2. The normalized spacial score (nSPS) is 12.4. The van der Waals surface area contributed by atoms with Crippen LogP contribution < -0.4 is 16.1 Å². The number of halogens is 2. The Balaban J connectivity index is 0.00000264. The van der Waals surface area contributed by atoms with Crippen LogP contribution in [0.1, 0.15) is 13.8 Å². The van der Waals surface area contributed by atoms with Crippen LogP contribution in [0.25, 0.3) is 11.0 Å². The number of hydrogen-bond acceptors (Lipinski definition) is 4. The molecule has 0 unspecified atom stereocenters. The molecule has 0 saturated carbocycles. The highest BCUT2D eigenvalue weighted by Crippen LogP contribution is 2.27. The summed E-state index contributed by atoms with van der Waals surface area (Å²) in [7, 11) is -0.496. The summed E-state index contributed by atoms with van der Waals surface area (Å²) >= 11 is 3.27. The molecule has 3 N–H and O–H groups in total. The van der Waals surface area contributed by atoms with Crippen molar-refractivity contribution in [1.82, 2.24) is 13.9 Å². The number of nitrogens with two attached hydrogens (primary N) is 1. The van der Waals surface area contributed by atoms with Gasteiger partial charge in [-0.15, -0.1) is 12.4 Å². The maximum Gasteiger partial charge on any atom is 0.328 e. The standard InChI is InChI=1S/C13H19BrN4O3S.ClH/c1-13(2,15)7-16-22(20,21)11-6-10-9(5-8(11)14)17(3)12(19)18(10)4;/h5-6,16H,7,15H2,1-4H3;1H. The van der Waals surface area contributed by atoms with E-state index >= 15 is 0 Å². The lowest BCUT2D eigenvalue weighted by Crippen LogP contribution is -2.45. The summed E-state index contributed by atoms with van der Waals surface area (Å²) in [5.41, 5.74) is 6.13. The summed E-state index contributed by atoms with van der Waals surface area (Å²) < 4.78 is 30.7. The summed E-state index contributed by atoms with van der Waals surface area (Å²) in [6, 6.07) is 3.10. The summed E-state index contributed by atoms with van der Waals surface area (Å²) in [4.78, 5) is 12.0. The molecule has 0 fully saturated rings. The van der Waals surface area contributed by atoms with Gasteiger partial charge in [0, 0.05) is 30.7 Å². The van der Waals surface area contributed by atoms with Gasteiger partial charge in [0.25, 0.3) is 0 Å². The van der Waals surface area contributed by atoms with Crippen molar-refractivity contribution in [3.8, 4) is 0 Å². The number of rotatable bonds is 4. The van der Waals surface area contributed by atoms with Gasteiger partial charge in [-0.05, 0) is 41.9 Å². The van der Waals surface area contributed by atoms with Crippen molar-refractivity contribution in [1.29, 1.82) is 0 Å². The predicted molar refractivity (Wildman–Crippen MR) is 96.6 cm³/mol. The smallest absolute Gasteiger partial charge is 0.324 e. The summed E-state index contributed by atoms with van der Waals surface area (Å²) in [6.45, 7) is 3.57. The van der Waals surface area contributed by atoms with Crippen LogP contribution in [0.2, 0.25) is 0 Å². The van der Waals surface area contributed by atoms with E-state index in [1.807, 2.05) is 0 Å². The first-order chi connectivity index (χ1) is 9.94. The minimum absolute atomic E-state index is 0. The lowest BCUT2D eigenvalue weighted by Gasteiger charge is -2.19. The number of nitrogens with one attached hydrogen (secondary N) is 1. The van der Waals surface area contributed by atoms with Gasteiger partial charge in [-0.1, -0.05) is 0 Å². The van der Waals surface area contributed by atoms with Crippen molar-refractivity contribution in [2.75, 3.05) is 6.54 Å². The third-order valence-electron chi connectivity index (χ3n) is 3.33. The van der Waals surface area contributed by atoms with E-state index in [1.54, 1.807) is 34.0 Å². The fourth-order valence-corrected chi connectivity index (χ4v) is 4.34. The molecule has 7 nitrogen and oxygen atoms in total. The lowest BCUT2D eigenvalue weighted by atomic mass is 10.1. The van der Waals surface area contributed by atoms with E-state index in [-0.39, 0.29) is 29.5 Å². The van der Waals surface area contributed by atoms with E-state index in [0.29, 0.717) is 15.5 Å². The molecule has 0 aliphatic rings. The Kier molecular flexibility index (Phi) is 5.75. The minimum Gasteiger partial charge on any atom is -0.324 e. The van der Waals surface area contributed by atoms with Crippen molar-refractivity contribution in [2.24, 2.45) is 19.8 Å². The van der Waals surface area contributed by atoms with Crippen LogP contribution >= 0.6 is 28.3 Å². The fourth-order valence-electron chi connectivity index (χ4n) is 2.07. The molecule has 10 heteroatoms. The van der Waals surface area contributed by atoms with Gasteiger partial charge < -0.3 is 5.73 Å². The van der Waals surface area contributed by atoms with Crippen LogP contribution in [-0.4, -0.2) is 29.6 Å². The van der Waals surface area contributed by atoms with E-state index in [1.165, 1.54) is 15.2 Å². The average Bonchev–Trinajstić information content (AvgIpc) is 2.60. The third kappa shape index (κ3) is 3.97. The number of imidazole rings is 1. The molecule has 0 saturated heterocycles. The first-order valence-corrected chi connectivity index (χ1v) is 8.85. The molecule has 2 rings (SSSR count). The van der Waals surface area contributed by atoms with Crippen LogP contribution in [0.3, 0.4) is 0 Å². The highest BCUT2D eigenvalue weighted by atomic mass is 79.9. The highest BCUT2D eigenvalue weighted by Gasteiger charge is 2.23. The van der Waals surface area contributed by atoms with Gasteiger partial charge in [0.05, 0.1) is 15.9 Å². The molecule has 0 spiro atoms. The zero-order valence-corrected chi connectivity index (χ0v) is 16.5. The maximum absolute atomic E-state index is 12.5. The van der Waals surface area contributed by atoms with Crippen LogP contribution in [0, 0.1) is 0 Å². The average molecular weight is 428 g/mol. The molecule has 0 bridgehead atoms. The molecule has 0 atom stereocenters. The van der Waals surface area contributed by atoms with Gasteiger partial charge >= 0.3 is 5.69 Å². The van der Waals surface area contributed by atoms with Crippen LogP contribution in [-0.2, 0) is 24.1 Å². The van der Waals surface area contributed by atoms with Crippen LogP contribution in [0.15, 0.2) is 26.3 Å². The first-order valence-electron chi connectivity index (χ1n) is 6.57. The molecular weight excluding hydrogens is 408 g/mol. The quantitative estimate of drug-likeness (QED) is 0.762. The van der Waals surface area contributed by atoms with E-state index in [4.69, 9.17) is 5.73 Å². The molecule has 0 amide bonds. The first kappa shape index (κ1) is 20.2. The molecule has 0 radical (unpaired) electrons. The molecule has 1 aromatic heterocycles. The van der Waals surface area contributed by atoms with Crippen molar-refractivity contribution >= 4 is 49.4 Å². The van der Waals surface area contributed by atoms with E-state index in [2.05, 4.69) is 20.7 Å². The molecule has 130 valence electrons. The lowest BCUT2D eigenvalue weighted by molar-refractivity contribution is 0.498. The second-order valence-electron chi connectivity index (χ2n) is 5.99. The van der Waals surface area contributed by atoms with E-state index in [0.717, 1.165) is 0 Å². The molecular formula is C13H20BrClN4O3S. The van der Waals surface area contributed by atoms with Crippen LogP contribution in [0.5, 0.6) is 0 Å². The number of aryl methyl sites for hydroxylation is 2. The van der Waals surface area contributed by atoms with Crippen molar-refractivity contribution in [3.63, 3.8) is 0 Å².